The van der Waals surface area contributed by atoms with Crippen LogP contribution in [0, 0.1) is 11.6 Å². The first kappa shape index (κ1) is 8.91. The number of benzene rings is 1. The van der Waals surface area contributed by atoms with E-state index >= 15 is 0 Å². The Kier molecular flexibility index (Phi) is 2.00. The molecular formula is C9H7ClF2O. The summed E-state index contributed by atoms with van der Waals surface area (Å²) in [6.45, 7) is 0.694. The summed E-state index contributed by atoms with van der Waals surface area (Å²) in [6, 6.07) is 3.67. The molecule has 1 saturated heterocycles. The quantitative estimate of drug-likeness (QED) is 0.639. The Morgan fingerprint density at radius 3 is 2.38 bits per heavy atom. The second kappa shape index (κ2) is 2.93. The van der Waals surface area contributed by atoms with E-state index in [9.17, 15) is 8.78 Å². The van der Waals surface area contributed by atoms with Gasteiger partial charge in [0.15, 0.2) is 11.6 Å². The molecule has 1 fully saturated rings. The summed E-state index contributed by atoms with van der Waals surface area (Å²) in [4.78, 5) is -0.658. The van der Waals surface area contributed by atoms with Crippen molar-refractivity contribution < 1.29 is 13.5 Å². The fourth-order valence-corrected chi connectivity index (χ4v) is 1.49. The molecule has 1 aromatic rings. The van der Waals surface area contributed by atoms with Crippen molar-refractivity contribution in [1.82, 2.24) is 0 Å². The molecule has 1 aliphatic rings. The van der Waals surface area contributed by atoms with Crippen LogP contribution in [0.4, 0.5) is 8.78 Å². The van der Waals surface area contributed by atoms with E-state index in [4.69, 9.17) is 16.3 Å². The molecule has 0 saturated carbocycles. The van der Waals surface area contributed by atoms with Crippen molar-refractivity contribution in [1.29, 1.82) is 0 Å². The standard InChI is InChI=1S/C9H7ClF2O/c10-9(4-13-5-9)6-1-2-7(11)8(12)3-6/h1-3H,4-5H2. The minimum absolute atomic E-state index is 0.347. The Labute approximate surface area is 79.3 Å². The lowest BCUT2D eigenvalue weighted by Gasteiger charge is -2.35. The van der Waals surface area contributed by atoms with Gasteiger partial charge in [0.2, 0.25) is 0 Å². The normalized spacial score (nSPS) is 19.6. The number of ether oxygens (including phenoxy) is 1. The van der Waals surface area contributed by atoms with Gasteiger partial charge in [-0.25, -0.2) is 8.78 Å². The number of hydrogen-bond acceptors (Lipinski definition) is 1. The van der Waals surface area contributed by atoms with Gasteiger partial charge >= 0.3 is 0 Å². The number of halogens is 3. The molecule has 0 aliphatic carbocycles. The Morgan fingerprint density at radius 1 is 1.23 bits per heavy atom. The van der Waals surface area contributed by atoms with Crippen molar-refractivity contribution in [3.63, 3.8) is 0 Å². The zero-order valence-corrected chi connectivity index (χ0v) is 7.44. The van der Waals surface area contributed by atoms with Crippen LogP contribution in [0.15, 0.2) is 18.2 Å². The third kappa shape index (κ3) is 1.42. The molecule has 1 aliphatic heterocycles. The molecule has 70 valence electrons. The number of rotatable bonds is 1. The molecular weight excluding hydrogens is 198 g/mol. The lowest BCUT2D eigenvalue weighted by molar-refractivity contribution is -0.0153. The van der Waals surface area contributed by atoms with Crippen molar-refractivity contribution >= 4 is 11.6 Å². The van der Waals surface area contributed by atoms with Crippen LogP contribution in [0.3, 0.4) is 0 Å². The molecule has 0 aromatic heterocycles. The van der Waals surface area contributed by atoms with E-state index in [1.54, 1.807) is 0 Å². The van der Waals surface area contributed by atoms with Gasteiger partial charge in [0.25, 0.3) is 0 Å². The number of hydrogen-bond donors (Lipinski definition) is 0. The highest BCUT2D eigenvalue weighted by atomic mass is 35.5. The first-order valence-electron chi connectivity index (χ1n) is 3.84. The summed E-state index contributed by atoms with van der Waals surface area (Å²) in [7, 11) is 0. The highest BCUT2D eigenvalue weighted by molar-refractivity contribution is 6.24. The van der Waals surface area contributed by atoms with E-state index < -0.39 is 16.5 Å². The second-order valence-corrected chi connectivity index (χ2v) is 3.81. The fourth-order valence-electron chi connectivity index (χ4n) is 1.22. The van der Waals surface area contributed by atoms with Crippen LogP contribution in [0.25, 0.3) is 0 Å². The second-order valence-electron chi connectivity index (χ2n) is 3.09. The molecule has 13 heavy (non-hydrogen) atoms. The van der Waals surface area contributed by atoms with Crippen LogP contribution in [-0.4, -0.2) is 13.2 Å². The molecule has 0 unspecified atom stereocenters. The lowest BCUT2D eigenvalue weighted by Crippen LogP contribution is -2.41. The molecule has 0 amide bonds. The topological polar surface area (TPSA) is 9.23 Å². The maximum atomic E-state index is 12.8. The van der Waals surface area contributed by atoms with Crippen LogP contribution < -0.4 is 0 Å². The van der Waals surface area contributed by atoms with Crippen LogP contribution in [0.2, 0.25) is 0 Å². The molecule has 0 N–H and O–H groups in total. The fraction of sp³-hybridized carbons (Fsp3) is 0.333. The predicted molar refractivity (Wildman–Crippen MR) is 44.7 cm³/mol. The maximum absolute atomic E-state index is 12.8. The van der Waals surface area contributed by atoms with E-state index in [-0.39, 0.29) is 0 Å². The summed E-state index contributed by atoms with van der Waals surface area (Å²) in [6.07, 6.45) is 0. The summed E-state index contributed by atoms with van der Waals surface area (Å²) in [5.41, 5.74) is 0.569. The van der Waals surface area contributed by atoms with Gasteiger partial charge in [0, 0.05) is 0 Å². The predicted octanol–water partition coefficient (Wildman–Crippen LogP) is 2.43. The Bertz CT molecular complexity index is 336. The van der Waals surface area contributed by atoms with Gasteiger partial charge in [-0.05, 0) is 17.7 Å². The molecule has 0 bridgehead atoms. The van der Waals surface area contributed by atoms with Crippen molar-refractivity contribution in [2.24, 2.45) is 0 Å². The van der Waals surface area contributed by atoms with Crippen LogP contribution in [-0.2, 0) is 9.61 Å². The molecule has 1 heterocycles. The largest absolute Gasteiger partial charge is 0.377 e. The summed E-state index contributed by atoms with van der Waals surface area (Å²) in [5, 5.41) is 0. The van der Waals surface area contributed by atoms with E-state index in [1.807, 2.05) is 0 Å². The van der Waals surface area contributed by atoms with Gasteiger partial charge in [-0.1, -0.05) is 6.07 Å². The molecule has 0 radical (unpaired) electrons. The minimum atomic E-state index is -0.871. The maximum Gasteiger partial charge on any atom is 0.159 e. The van der Waals surface area contributed by atoms with E-state index in [2.05, 4.69) is 0 Å². The van der Waals surface area contributed by atoms with E-state index in [0.29, 0.717) is 18.8 Å². The van der Waals surface area contributed by atoms with Crippen LogP contribution in [0.5, 0.6) is 0 Å². The zero-order chi connectivity index (χ0) is 9.47. The highest BCUT2D eigenvalue weighted by Gasteiger charge is 2.38. The molecule has 0 spiro atoms. The van der Waals surface area contributed by atoms with Gasteiger partial charge in [0.05, 0.1) is 13.2 Å². The smallest absolute Gasteiger partial charge is 0.159 e. The van der Waals surface area contributed by atoms with Crippen molar-refractivity contribution in [3.8, 4) is 0 Å². The van der Waals surface area contributed by atoms with Gasteiger partial charge in [0.1, 0.15) is 4.87 Å². The summed E-state index contributed by atoms with van der Waals surface area (Å²) >= 11 is 6.04. The Hall–Kier alpha value is -0.670. The average Bonchev–Trinajstić information content (AvgIpc) is 2.06. The minimum Gasteiger partial charge on any atom is -0.377 e. The van der Waals surface area contributed by atoms with Gasteiger partial charge in [-0.3, -0.25) is 0 Å². The van der Waals surface area contributed by atoms with Gasteiger partial charge in [-0.2, -0.15) is 0 Å². The van der Waals surface area contributed by atoms with Crippen molar-refractivity contribution in [3.05, 3.63) is 35.4 Å². The first-order valence-corrected chi connectivity index (χ1v) is 4.22. The molecule has 0 atom stereocenters. The van der Waals surface area contributed by atoms with Crippen molar-refractivity contribution in [2.75, 3.05) is 13.2 Å². The Morgan fingerprint density at radius 2 is 1.92 bits per heavy atom. The van der Waals surface area contributed by atoms with Crippen molar-refractivity contribution in [2.45, 2.75) is 4.87 Å². The molecule has 2 rings (SSSR count). The van der Waals surface area contributed by atoms with Crippen LogP contribution >= 0.6 is 11.6 Å². The van der Waals surface area contributed by atoms with Gasteiger partial charge in [-0.15, -0.1) is 11.6 Å². The summed E-state index contributed by atoms with van der Waals surface area (Å²) < 4.78 is 30.3. The number of alkyl halides is 1. The Balaban J connectivity index is 2.36. The third-order valence-corrected chi connectivity index (χ3v) is 2.54. The van der Waals surface area contributed by atoms with E-state index in [0.717, 1.165) is 12.1 Å². The van der Waals surface area contributed by atoms with Crippen LogP contribution in [0.1, 0.15) is 5.56 Å². The lowest BCUT2D eigenvalue weighted by atomic mass is 9.96. The highest BCUT2D eigenvalue weighted by Crippen LogP contribution is 2.36. The monoisotopic (exact) mass is 204 g/mol. The third-order valence-electron chi connectivity index (χ3n) is 2.10. The molecule has 4 heteroatoms. The SMILES string of the molecule is Fc1ccc(C2(Cl)COC2)cc1F. The molecule has 1 nitrogen and oxygen atoms in total. The zero-order valence-electron chi connectivity index (χ0n) is 6.69. The first-order chi connectivity index (χ1) is 6.12. The average molecular weight is 205 g/mol. The van der Waals surface area contributed by atoms with E-state index in [1.165, 1.54) is 6.07 Å². The summed E-state index contributed by atoms with van der Waals surface area (Å²) in [5.74, 6) is -1.73. The molecule has 1 aromatic carbocycles. The van der Waals surface area contributed by atoms with Gasteiger partial charge < -0.3 is 4.74 Å².